The molecule has 112 valence electrons. The third-order valence-corrected chi connectivity index (χ3v) is 4.02. The van der Waals surface area contributed by atoms with Crippen molar-refractivity contribution in [2.24, 2.45) is 5.73 Å². The number of benzene rings is 1. The summed E-state index contributed by atoms with van der Waals surface area (Å²) in [5.74, 6) is 0. The molecule has 0 aromatic heterocycles. The molecule has 1 aromatic carbocycles. The van der Waals surface area contributed by atoms with E-state index in [-0.39, 0.29) is 5.54 Å². The molecule has 1 aromatic rings. The quantitative estimate of drug-likeness (QED) is 0.895. The van der Waals surface area contributed by atoms with Crippen LogP contribution in [0.4, 0.5) is 0 Å². The molecule has 2 rings (SSSR count). The van der Waals surface area contributed by atoms with Crippen molar-refractivity contribution < 1.29 is 0 Å². The smallest absolute Gasteiger partial charge is 0.0237 e. The van der Waals surface area contributed by atoms with Crippen molar-refractivity contribution in [1.82, 2.24) is 9.80 Å². The highest BCUT2D eigenvalue weighted by Crippen LogP contribution is 2.17. The normalized spacial score (nSPS) is 22.1. The Bertz CT molecular complexity index is 396. The molecular weight excluding hydrogens is 246 g/mol. The maximum Gasteiger partial charge on any atom is 0.0237 e. The summed E-state index contributed by atoms with van der Waals surface area (Å²) in [4.78, 5) is 5.14. The van der Waals surface area contributed by atoms with Gasteiger partial charge in [0.05, 0.1) is 0 Å². The van der Waals surface area contributed by atoms with Crippen LogP contribution in [0.2, 0.25) is 0 Å². The van der Waals surface area contributed by atoms with Gasteiger partial charge in [0.25, 0.3) is 0 Å². The largest absolute Gasteiger partial charge is 0.324 e. The van der Waals surface area contributed by atoms with E-state index in [1.807, 2.05) is 0 Å². The summed E-state index contributed by atoms with van der Waals surface area (Å²) in [5, 5.41) is 0. The van der Waals surface area contributed by atoms with Crippen molar-refractivity contribution in [3.63, 3.8) is 0 Å². The minimum Gasteiger partial charge on any atom is -0.324 e. The fraction of sp³-hybridized carbons (Fsp3) is 0.647. The van der Waals surface area contributed by atoms with Gasteiger partial charge in [0.1, 0.15) is 0 Å². The predicted octanol–water partition coefficient (Wildman–Crippen LogP) is 2.32. The molecule has 1 unspecified atom stereocenters. The molecule has 0 aliphatic carbocycles. The van der Waals surface area contributed by atoms with Crippen LogP contribution in [0.3, 0.4) is 0 Å². The third kappa shape index (κ3) is 4.58. The summed E-state index contributed by atoms with van der Waals surface area (Å²) in [6.45, 7) is 12.0. The zero-order chi connectivity index (χ0) is 14.6. The second-order valence-electron chi connectivity index (χ2n) is 6.74. The number of nitrogens with two attached hydrogens (primary N) is 1. The Morgan fingerprint density at radius 2 is 1.90 bits per heavy atom. The summed E-state index contributed by atoms with van der Waals surface area (Å²) in [6, 6.07) is 11.4. The Hall–Kier alpha value is -0.900. The number of hydrogen-bond acceptors (Lipinski definition) is 3. The average molecular weight is 275 g/mol. The van der Waals surface area contributed by atoms with Crippen LogP contribution in [0.25, 0.3) is 0 Å². The van der Waals surface area contributed by atoms with Gasteiger partial charge in [-0.2, -0.15) is 0 Å². The number of rotatable bonds is 5. The van der Waals surface area contributed by atoms with E-state index < -0.39 is 0 Å². The van der Waals surface area contributed by atoms with Crippen molar-refractivity contribution in [1.29, 1.82) is 0 Å². The number of hydrogen-bond donors (Lipinski definition) is 1. The molecule has 20 heavy (non-hydrogen) atoms. The van der Waals surface area contributed by atoms with Gasteiger partial charge in [0.15, 0.2) is 0 Å². The number of piperazine rings is 1. The zero-order valence-corrected chi connectivity index (χ0v) is 13.2. The van der Waals surface area contributed by atoms with Crippen molar-refractivity contribution in [2.75, 3.05) is 26.2 Å². The fourth-order valence-electron chi connectivity index (χ4n) is 3.09. The van der Waals surface area contributed by atoms with Crippen molar-refractivity contribution in [3.8, 4) is 0 Å². The van der Waals surface area contributed by atoms with Crippen molar-refractivity contribution in [3.05, 3.63) is 35.9 Å². The monoisotopic (exact) mass is 275 g/mol. The molecule has 1 saturated heterocycles. The van der Waals surface area contributed by atoms with Gasteiger partial charge in [-0.3, -0.25) is 9.80 Å². The van der Waals surface area contributed by atoms with Crippen LogP contribution in [0.1, 0.15) is 32.8 Å². The van der Waals surface area contributed by atoms with E-state index in [4.69, 9.17) is 5.73 Å². The molecule has 0 bridgehead atoms. The first kappa shape index (κ1) is 15.5. The first-order chi connectivity index (χ1) is 9.48. The maximum atomic E-state index is 6.16. The van der Waals surface area contributed by atoms with Crippen LogP contribution in [0.5, 0.6) is 0 Å². The summed E-state index contributed by atoms with van der Waals surface area (Å²) < 4.78 is 0. The fourth-order valence-corrected chi connectivity index (χ4v) is 3.09. The van der Waals surface area contributed by atoms with Gasteiger partial charge in [0.2, 0.25) is 0 Å². The van der Waals surface area contributed by atoms with E-state index in [2.05, 4.69) is 60.9 Å². The molecule has 3 heteroatoms. The first-order valence-electron chi connectivity index (χ1n) is 7.77. The molecule has 0 amide bonds. The Labute approximate surface area is 123 Å². The van der Waals surface area contributed by atoms with Gasteiger partial charge in [-0.1, -0.05) is 37.3 Å². The van der Waals surface area contributed by atoms with Crippen LogP contribution in [0.15, 0.2) is 30.3 Å². The predicted molar refractivity (Wildman–Crippen MR) is 85.6 cm³/mol. The molecular formula is C17H29N3. The third-order valence-electron chi connectivity index (χ3n) is 4.02. The van der Waals surface area contributed by atoms with Gasteiger partial charge in [-0.05, 0) is 25.8 Å². The topological polar surface area (TPSA) is 32.5 Å². The second kappa shape index (κ2) is 6.70. The lowest BCUT2D eigenvalue weighted by Crippen LogP contribution is -2.56. The van der Waals surface area contributed by atoms with Crippen LogP contribution in [-0.2, 0) is 6.54 Å². The van der Waals surface area contributed by atoms with E-state index in [0.29, 0.717) is 6.04 Å². The van der Waals surface area contributed by atoms with E-state index in [9.17, 15) is 0 Å². The Kier molecular flexibility index (Phi) is 5.19. The van der Waals surface area contributed by atoms with Crippen LogP contribution in [0, 0.1) is 0 Å². The number of nitrogens with zero attached hydrogens (tertiary/aromatic N) is 2. The Morgan fingerprint density at radius 1 is 1.20 bits per heavy atom. The summed E-state index contributed by atoms with van der Waals surface area (Å²) in [5.41, 5.74) is 7.47. The van der Waals surface area contributed by atoms with Gasteiger partial charge in [0, 0.05) is 44.3 Å². The van der Waals surface area contributed by atoms with E-state index >= 15 is 0 Å². The van der Waals surface area contributed by atoms with Crippen molar-refractivity contribution >= 4 is 0 Å². The average Bonchev–Trinajstić information content (AvgIpc) is 2.40. The molecule has 2 N–H and O–H groups in total. The lowest BCUT2D eigenvalue weighted by Gasteiger charge is -2.43. The van der Waals surface area contributed by atoms with Crippen LogP contribution < -0.4 is 5.73 Å². The molecule has 1 heterocycles. The van der Waals surface area contributed by atoms with E-state index in [0.717, 1.165) is 32.7 Å². The lowest BCUT2D eigenvalue weighted by molar-refractivity contribution is 0.0566. The van der Waals surface area contributed by atoms with E-state index in [1.54, 1.807) is 0 Å². The summed E-state index contributed by atoms with van der Waals surface area (Å²) in [6.07, 6.45) is 1.20. The minimum atomic E-state index is -0.0973. The molecule has 3 nitrogen and oxygen atoms in total. The molecule has 1 aliphatic heterocycles. The molecule has 0 radical (unpaired) electrons. The molecule has 0 saturated carbocycles. The van der Waals surface area contributed by atoms with E-state index in [1.165, 1.54) is 12.0 Å². The highest BCUT2D eigenvalue weighted by atomic mass is 15.3. The van der Waals surface area contributed by atoms with Gasteiger partial charge in [-0.25, -0.2) is 0 Å². The highest BCUT2D eigenvalue weighted by molar-refractivity contribution is 5.14. The van der Waals surface area contributed by atoms with Gasteiger partial charge >= 0.3 is 0 Å². The minimum absolute atomic E-state index is 0.0973. The first-order valence-corrected chi connectivity index (χ1v) is 7.77. The standard InChI is InChI=1S/C17H29N3/c1-4-16-13-19(14-17(2,3)18)10-11-20(16)12-15-8-6-5-7-9-15/h5-9,16H,4,10-14,18H2,1-3H3. The van der Waals surface area contributed by atoms with Crippen LogP contribution in [-0.4, -0.2) is 47.6 Å². The van der Waals surface area contributed by atoms with Gasteiger partial charge in [-0.15, -0.1) is 0 Å². The molecule has 1 atom stereocenters. The highest BCUT2D eigenvalue weighted by Gasteiger charge is 2.27. The van der Waals surface area contributed by atoms with Crippen LogP contribution >= 0.6 is 0 Å². The van der Waals surface area contributed by atoms with Gasteiger partial charge < -0.3 is 5.73 Å². The zero-order valence-electron chi connectivity index (χ0n) is 13.2. The molecule has 1 fully saturated rings. The summed E-state index contributed by atoms with van der Waals surface area (Å²) in [7, 11) is 0. The summed E-state index contributed by atoms with van der Waals surface area (Å²) >= 11 is 0. The molecule has 0 spiro atoms. The van der Waals surface area contributed by atoms with Crippen molar-refractivity contribution in [2.45, 2.75) is 45.3 Å². The second-order valence-corrected chi connectivity index (χ2v) is 6.74. The molecule has 1 aliphatic rings. The Balaban J connectivity index is 1.93. The maximum absolute atomic E-state index is 6.16. The lowest BCUT2D eigenvalue weighted by atomic mass is 10.0. The SMILES string of the molecule is CCC1CN(CC(C)(C)N)CCN1Cc1ccccc1. The Morgan fingerprint density at radius 3 is 2.50 bits per heavy atom.